The van der Waals surface area contributed by atoms with Crippen LogP contribution in [0.5, 0.6) is 11.5 Å². The van der Waals surface area contributed by atoms with Crippen molar-refractivity contribution in [3.05, 3.63) is 92.7 Å². The van der Waals surface area contributed by atoms with Crippen molar-refractivity contribution in [1.82, 2.24) is 0 Å². The fraction of sp³-hybridized carbons (Fsp3) is 0.120. The normalized spacial score (nSPS) is 10.9. The van der Waals surface area contributed by atoms with Crippen molar-refractivity contribution >= 4 is 45.2 Å². The van der Waals surface area contributed by atoms with Gasteiger partial charge in [-0.1, -0.05) is 41.9 Å². The smallest absolute Gasteiger partial charge is 0.266 e. The van der Waals surface area contributed by atoms with Gasteiger partial charge in [-0.25, -0.2) is 4.39 Å². The third-order valence-electron chi connectivity index (χ3n) is 4.46. The number of ether oxygens (including phenoxy) is 2. The minimum Gasteiger partial charge on any atom is -0.490 e. The number of hydrogen-bond acceptors (Lipinski definition) is 4. The number of para-hydroxylation sites is 1. The third-order valence-corrected chi connectivity index (χ3v) is 5.42. The minimum absolute atomic E-state index is 0.0110. The quantitative estimate of drug-likeness (QED) is 0.258. The molecule has 0 heterocycles. The summed E-state index contributed by atoms with van der Waals surface area (Å²) in [5.74, 6) is -0.430. The van der Waals surface area contributed by atoms with E-state index in [0.29, 0.717) is 33.2 Å². The maximum atomic E-state index is 13.8. The molecule has 0 saturated heterocycles. The monoisotopic (exact) mass is 528 g/mol. The highest BCUT2D eigenvalue weighted by molar-refractivity contribution is 9.10. The maximum absolute atomic E-state index is 13.8. The van der Waals surface area contributed by atoms with Gasteiger partial charge in [0.05, 0.1) is 16.8 Å². The van der Waals surface area contributed by atoms with Crippen molar-refractivity contribution in [3.63, 3.8) is 0 Å². The van der Waals surface area contributed by atoms with Gasteiger partial charge in [0, 0.05) is 10.6 Å². The predicted octanol–water partition coefficient (Wildman–Crippen LogP) is 6.76. The second-order valence-electron chi connectivity index (χ2n) is 6.75. The molecular weight excluding hydrogens is 511 g/mol. The van der Waals surface area contributed by atoms with Crippen molar-refractivity contribution in [3.8, 4) is 17.6 Å². The van der Waals surface area contributed by atoms with Gasteiger partial charge in [0.25, 0.3) is 5.91 Å². The molecule has 1 N–H and O–H groups in total. The van der Waals surface area contributed by atoms with Gasteiger partial charge >= 0.3 is 0 Å². The lowest BCUT2D eigenvalue weighted by atomic mass is 10.1. The Morgan fingerprint density at radius 1 is 1.18 bits per heavy atom. The highest BCUT2D eigenvalue weighted by atomic mass is 79.9. The average Bonchev–Trinajstić information content (AvgIpc) is 2.79. The lowest BCUT2D eigenvalue weighted by Gasteiger charge is -2.15. The van der Waals surface area contributed by atoms with Gasteiger partial charge in [-0.05, 0) is 64.8 Å². The van der Waals surface area contributed by atoms with Crippen LogP contribution in [0.25, 0.3) is 6.08 Å². The molecule has 0 atom stereocenters. The average molecular weight is 530 g/mol. The topological polar surface area (TPSA) is 71.3 Å². The van der Waals surface area contributed by atoms with Crippen LogP contribution in [0.2, 0.25) is 5.02 Å². The fourth-order valence-electron chi connectivity index (χ4n) is 2.91. The molecule has 0 aromatic heterocycles. The van der Waals surface area contributed by atoms with Crippen LogP contribution in [0.1, 0.15) is 18.1 Å². The van der Waals surface area contributed by atoms with Crippen molar-refractivity contribution in [2.24, 2.45) is 0 Å². The number of carbonyl (C=O) groups excluding carboxylic acids is 1. The van der Waals surface area contributed by atoms with Gasteiger partial charge in [-0.2, -0.15) is 5.26 Å². The van der Waals surface area contributed by atoms with Crippen LogP contribution in [0.4, 0.5) is 10.1 Å². The summed E-state index contributed by atoms with van der Waals surface area (Å²) in [7, 11) is 0. The number of benzene rings is 3. The lowest BCUT2D eigenvalue weighted by Crippen LogP contribution is -2.14. The summed E-state index contributed by atoms with van der Waals surface area (Å²) in [5, 5.41) is 12.5. The Labute approximate surface area is 204 Å². The zero-order valence-corrected chi connectivity index (χ0v) is 19.9. The fourth-order valence-corrected chi connectivity index (χ4v) is 3.67. The number of hydrogen-bond donors (Lipinski definition) is 1. The molecule has 8 heteroatoms. The van der Waals surface area contributed by atoms with E-state index in [-0.39, 0.29) is 17.9 Å². The number of amides is 1. The van der Waals surface area contributed by atoms with E-state index < -0.39 is 11.7 Å². The largest absolute Gasteiger partial charge is 0.490 e. The number of halogens is 3. The maximum Gasteiger partial charge on any atom is 0.266 e. The Hall–Kier alpha value is -3.34. The summed E-state index contributed by atoms with van der Waals surface area (Å²) in [6.07, 6.45) is 1.39. The van der Waals surface area contributed by atoms with E-state index in [2.05, 4.69) is 21.2 Å². The van der Waals surface area contributed by atoms with Crippen molar-refractivity contribution < 1.29 is 18.7 Å². The van der Waals surface area contributed by atoms with Crippen LogP contribution in [0.15, 0.2) is 70.7 Å². The molecule has 0 spiro atoms. The first kappa shape index (κ1) is 24.3. The molecule has 3 rings (SSSR count). The van der Waals surface area contributed by atoms with E-state index in [0.717, 1.165) is 5.56 Å². The van der Waals surface area contributed by atoms with Gasteiger partial charge in [-0.15, -0.1) is 0 Å². The molecule has 1 amide bonds. The molecule has 0 aliphatic heterocycles. The molecule has 3 aromatic rings. The molecule has 0 bridgehead atoms. The standard InChI is InChI=1S/C25H19BrClFN2O3/c1-2-32-23-13-16(11-18(14-29)25(31)30-22-10-6-5-9-21(22)28)12-19(26)24(23)33-15-17-7-3-4-8-20(17)27/h3-13H,2,15H2,1H3,(H,30,31)/b18-11-. The highest BCUT2D eigenvalue weighted by Crippen LogP contribution is 2.38. The number of nitriles is 1. The first-order valence-electron chi connectivity index (χ1n) is 9.93. The molecule has 0 radical (unpaired) electrons. The summed E-state index contributed by atoms with van der Waals surface area (Å²) in [6.45, 7) is 2.43. The highest BCUT2D eigenvalue weighted by Gasteiger charge is 2.16. The van der Waals surface area contributed by atoms with Crippen molar-refractivity contribution in [2.45, 2.75) is 13.5 Å². The number of anilines is 1. The zero-order chi connectivity index (χ0) is 23.8. The summed E-state index contributed by atoms with van der Waals surface area (Å²) < 4.78 is 26.1. The summed E-state index contributed by atoms with van der Waals surface area (Å²) in [6, 6.07) is 18.3. The summed E-state index contributed by atoms with van der Waals surface area (Å²) in [5.41, 5.74) is 1.13. The molecule has 33 heavy (non-hydrogen) atoms. The van der Waals surface area contributed by atoms with E-state index in [1.54, 1.807) is 24.3 Å². The summed E-state index contributed by atoms with van der Waals surface area (Å²) in [4.78, 5) is 12.5. The van der Waals surface area contributed by atoms with Gasteiger partial charge in [0.2, 0.25) is 0 Å². The number of carbonyl (C=O) groups is 1. The molecule has 0 aliphatic rings. The second-order valence-corrected chi connectivity index (χ2v) is 8.01. The van der Waals surface area contributed by atoms with Gasteiger partial charge in [0.1, 0.15) is 24.1 Å². The van der Waals surface area contributed by atoms with E-state index in [1.807, 2.05) is 31.2 Å². The van der Waals surface area contributed by atoms with Gasteiger partial charge in [-0.3, -0.25) is 4.79 Å². The van der Waals surface area contributed by atoms with Gasteiger partial charge < -0.3 is 14.8 Å². The number of rotatable bonds is 8. The zero-order valence-electron chi connectivity index (χ0n) is 17.6. The first-order valence-corrected chi connectivity index (χ1v) is 11.1. The second kappa shape index (κ2) is 11.5. The van der Waals surface area contributed by atoms with Crippen molar-refractivity contribution in [2.75, 3.05) is 11.9 Å². The summed E-state index contributed by atoms with van der Waals surface area (Å²) >= 11 is 9.68. The Bertz CT molecular complexity index is 1240. The molecule has 0 fully saturated rings. The molecule has 168 valence electrons. The van der Waals surface area contributed by atoms with Crippen LogP contribution in [0.3, 0.4) is 0 Å². The van der Waals surface area contributed by atoms with Crippen molar-refractivity contribution in [1.29, 1.82) is 5.26 Å². The Balaban J connectivity index is 1.87. The number of nitrogens with zero attached hydrogens (tertiary/aromatic N) is 1. The minimum atomic E-state index is -0.726. The van der Waals surface area contributed by atoms with Crippen LogP contribution < -0.4 is 14.8 Å². The van der Waals surface area contributed by atoms with Crippen LogP contribution >= 0.6 is 27.5 Å². The lowest BCUT2D eigenvalue weighted by molar-refractivity contribution is -0.112. The molecule has 0 aliphatic carbocycles. The van der Waals surface area contributed by atoms with Crippen LogP contribution in [-0.2, 0) is 11.4 Å². The van der Waals surface area contributed by atoms with E-state index >= 15 is 0 Å². The van der Waals surface area contributed by atoms with Gasteiger partial charge in [0.15, 0.2) is 11.5 Å². The van der Waals surface area contributed by atoms with E-state index in [4.69, 9.17) is 21.1 Å². The SMILES string of the molecule is CCOc1cc(/C=C(/C#N)C(=O)Nc2ccccc2F)cc(Br)c1OCc1ccccc1Cl. The van der Waals surface area contributed by atoms with E-state index in [9.17, 15) is 14.4 Å². The van der Waals surface area contributed by atoms with E-state index in [1.165, 1.54) is 24.3 Å². The third kappa shape index (κ3) is 6.35. The first-order chi connectivity index (χ1) is 15.9. The Kier molecular flexibility index (Phi) is 8.47. The van der Waals surface area contributed by atoms with Crippen LogP contribution in [-0.4, -0.2) is 12.5 Å². The Morgan fingerprint density at radius 3 is 2.61 bits per heavy atom. The predicted molar refractivity (Wildman–Crippen MR) is 130 cm³/mol. The molecular formula is C25H19BrClFN2O3. The number of nitrogens with one attached hydrogen (secondary N) is 1. The molecule has 0 saturated carbocycles. The molecule has 3 aromatic carbocycles. The Morgan fingerprint density at radius 2 is 1.91 bits per heavy atom. The molecule has 5 nitrogen and oxygen atoms in total. The molecule has 0 unspecified atom stereocenters. The van der Waals surface area contributed by atoms with Crippen LogP contribution in [0, 0.1) is 17.1 Å².